The number of hydrogen-bond acceptors (Lipinski definition) is 2. The normalized spacial score (nSPS) is 15.3. The average Bonchev–Trinajstić information content (AvgIpc) is 3.24. The molecule has 0 radical (unpaired) electrons. The number of aromatic nitrogens is 3. The Morgan fingerprint density at radius 2 is 1.89 bits per heavy atom. The number of pyridine rings is 1. The fourth-order valence-corrected chi connectivity index (χ4v) is 5.39. The SMILES string of the molecule is C=C(CCC)c1cn2c(cc1=O)-c1cc(CC)c(-c3cnn(CC(C)C)c3)cc1CC2C(C)(C)C. The van der Waals surface area contributed by atoms with Gasteiger partial charge in [0.05, 0.1) is 11.9 Å². The van der Waals surface area contributed by atoms with E-state index < -0.39 is 0 Å². The van der Waals surface area contributed by atoms with E-state index in [-0.39, 0.29) is 16.9 Å². The third kappa shape index (κ3) is 4.94. The Labute approximate surface area is 210 Å². The quantitative estimate of drug-likeness (QED) is 0.357. The first-order valence-electron chi connectivity index (χ1n) is 13.2. The van der Waals surface area contributed by atoms with E-state index in [1.807, 2.05) is 12.3 Å². The van der Waals surface area contributed by atoms with Crippen molar-refractivity contribution in [1.29, 1.82) is 0 Å². The average molecular weight is 472 g/mol. The summed E-state index contributed by atoms with van der Waals surface area (Å²) in [5.74, 6) is 0.553. The van der Waals surface area contributed by atoms with Crippen LogP contribution in [0.2, 0.25) is 0 Å². The lowest BCUT2D eigenvalue weighted by Crippen LogP contribution is -2.32. The summed E-state index contributed by atoms with van der Waals surface area (Å²) < 4.78 is 4.41. The number of fused-ring (bicyclic) bond motifs is 3. The van der Waals surface area contributed by atoms with Crippen LogP contribution in [0.25, 0.3) is 28.0 Å². The summed E-state index contributed by atoms with van der Waals surface area (Å²) in [6, 6.07) is 6.78. The first-order valence-corrected chi connectivity index (χ1v) is 13.2. The molecule has 0 saturated heterocycles. The second kappa shape index (κ2) is 9.64. The van der Waals surface area contributed by atoms with Crippen LogP contribution >= 0.6 is 0 Å². The molecule has 0 amide bonds. The van der Waals surface area contributed by atoms with Crippen LogP contribution in [0.5, 0.6) is 0 Å². The molecule has 186 valence electrons. The third-order valence-electron chi connectivity index (χ3n) is 7.24. The van der Waals surface area contributed by atoms with Gasteiger partial charge < -0.3 is 4.57 Å². The molecule has 0 spiro atoms. The minimum Gasteiger partial charge on any atom is -0.343 e. The molecule has 2 aromatic heterocycles. The standard InChI is InChI=1S/C31H41N3O/c1-9-11-21(5)27-19-34-28(15-29(27)35)26-12-22(10-2)25(13-23(26)14-30(34)31(6,7)8)24-16-32-33(18-24)17-20(3)4/h12-13,15-16,18-20,30H,5,9-11,14,17H2,1-4,6-8H3. The summed E-state index contributed by atoms with van der Waals surface area (Å²) in [6.45, 7) is 20.8. The molecule has 0 aliphatic carbocycles. The highest BCUT2D eigenvalue weighted by Gasteiger charge is 2.33. The molecule has 1 atom stereocenters. The number of benzene rings is 1. The zero-order valence-electron chi connectivity index (χ0n) is 22.6. The van der Waals surface area contributed by atoms with E-state index in [0.717, 1.165) is 49.1 Å². The predicted octanol–water partition coefficient (Wildman–Crippen LogP) is 7.55. The van der Waals surface area contributed by atoms with Gasteiger partial charge in [-0.1, -0.05) is 67.5 Å². The number of rotatable bonds is 7. The monoisotopic (exact) mass is 471 g/mol. The van der Waals surface area contributed by atoms with E-state index in [4.69, 9.17) is 0 Å². The van der Waals surface area contributed by atoms with Crippen LogP contribution in [-0.2, 0) is 19.4 Å². The molecule has 3 heterocycles. The Kier molecular flexibility index (Phi) is 6.95. The summed E-state index contributed by atoms with van der Waals surface area (Å²) in [4.78, 5) is 13.2. The topological polar surface area (TPSA) is 39.8 Å². The van der Waals surface area contributed by atoms with Gasteiger partial charge in [-0.05, 0) is 58.9 Å². The Morgan fingerprint density at radius 3 is 2.51 bits per heavy atom. The minimum atomic E-state index is 0.0383. The molecule has 1 aliphatic heterocycles. The Bertz CT molecular complexity index is 1300. The Hall–Kier alpha value is -2.88. The van der Waals surface area contributed by atoms with E-state index in [2.05, 4.69) is 93.9 Å². The summed E-state index contributed by atoms with van der Waals surface area (Å²) >= 11 is 0. The van der Waals surface area contributed by atoms with E-state index in [1.165, 1.54) is 27.8 Å². The van der Waals surface area contributed by atoms with Crippen LogP contribution in [0.4, 0.5) is 0 Å². The van der Waals surface area contributed by atoms with E-state index in [0.29, 0.717) is 5.92 Å². The van der Waals surface area contributed by atoms with Gasteiger partial charge in [-0.15, -0.1) is 0 Å². The van der Waals surface area contributed by atoms with Gasteiger partial charge in [0.1, 0.15) is 0 Å². The van der Waals surface area contributed by atoms with Crippen LogP contribution in [0.1, 0.15) is 84.0 Å². The molecule has 1 aromatic carbocycles. The first kappa shape index (κ1) is 25.2. The second-order valence-corrected chi connectivity index (χ2v) is 11.6. The van der Waals surface area contributed by atoms with Crippen molar-refractivity contribution in [3.63, 3.8) is 0 Å². The number of nitrogens with zero attached hydrogens (tertiary/aromatic N) is 3. The molecule has 4 rings (SSSR count). The van der Waals surface area contributed by atoms with Crippen LogP contribution < -0.4 is 5.43 Å². The molecule has 3 aromatic rings. The molecule has 1 unspecified atom stereocenters. The zero-order valence-corrected chi connectivity index (χ0v) is 22.6. The van der Waals surface area contributed by atoms with Gasteiger partial charge in [0.15, 0.2) is 5.43 Å². The van der Waals surface area contributed by atoms with Crippen molar-refractivity contribution < 1.29 is 0 Å². The fraction of sp³-hybridized carbons (Fsp3) is 0.484. The van der Waals surface area contributed by atoms with Crippen molar-refractivity contribution in [1.82, 2.24) is 14.3 Å². The van der Waals surface area contributed by atoms with E-state index in [1.54, 1.807) is 0 Å². The molecular weight excluding hydrogens is 430 g/mol. The van der Waals surface area contributed by atoms with Gasteiger partial charge in [0.25, 0.3) is 0 Å². The van der Waals surface area contributed by atoms with Gasteiger partial charge in [-0.2, -0.15) is 5.10 Å². The third-order valence-corrected chi connectivity index (χ3v) is 7.24. The number of hydrogen-bond donors (Lipinski definition) is 0. The van der Waals surface area contributed by atoms with Crippen molar-refractivity contribution in [2.24, 2.45) is 11.3 Å². The first-order chi connectivity index (χ1) is 16.5. The lowest BCUT2D eigenvalue weighted by atomic mass is 9.77. The summed E-state index contributed by atoms with van der Waals surface area (Å²) in [7, 11) is 0. The number of allylic oxidation sites excluding steroid dienone is 1. The van der Waals surface area contributed by atoms with Gasteiger partial charge in [0.2, 0.25) is 0 Å². The van der Waals surface area contributed by atoms with Gasteiger partial charge >= 0.3 is 0 Å². The lowest BCUT2D eigenvalue weighted by Gasteiger charge is -2.39. The van der Waals surface area contributed by atoms with Crippen molar-refractivity contribution >= 4 is 5.57 Å². The highest BCUT2D eigenvalue weighted by atomic mass is 16.1. The lowest BCUT2D eigenvalue weighted by molar-refractivity contribution is 0.237. The minimum absolute atomic E-state index is 0.0383. The van der Waals surface area contributed by atoms with Crippen molar-refractivity contribution in [3.8, 4) is 22.4 Å². The molecule has 0 bridgehead atoms. The summed E-state index contributed by atoms with van der Waals surface area (Å²) in [6.07, 6.45) is 9.96. The molecule has 1 aliphatic rings. The zero-order chi connectivity index (χ0) is 25.5. The molecular formula is C31H41N3O. The maximum atomic E-state index is 13.2. The Morgan fingerprint density at radius 1 is 1.14 bits per heavy atom. The fourth-order valence-electron chi connectivity index (χ4n) is 5.39. The summed E-state index contributed by atoms with van der Waals surface area (Å²) in [5, 5.41) is 4.63. The van der Waals surface area contributed by atoms with Gasteiger partial charge in [-0.25, -0.2) is 0 Å². The maximum Gasteiger partial charge on any atom is 0.189 e. The second-order valence-electron chi connectivity index (χ2n) is 11.6. The Balaban J connectivity index is 1.89. The molecule has 0 N–H and O–H groups in total. The molecule has 0 fully saturated rings. The summed E-state index contributed by atoms with van der Waals surface area (Å²) in [5.41, 5.74) is 9.07. The highest BCUT2D eigenvalue weighted by molar-refractivity contribution is 5.77. The van der Waals surface area contributed by atoms with Crippen molar-refractivity contribution in [2.45, 2.75) is 86.7 Å². The van der Waals surface area contributed by atoms with Crippen LogP contribution in [0.3, 0.4) is 0 Å². The molecule has 4 nitrogen and oxygen atoms in total. The van der Waals surface area contributed by atoms with Gasteiger partial charge in [0, 0.05) is 47.7 Å². The molecule has 35 heavy (non-hydrogen) atoms. The van der Waals surface area contributed by atoms with Crippen LogP contribution in [0, 0.1) is 11.3 Å². The largest absolute Gasteiger partial charge is 0.343 e. The van der Waals surface area contributed by atoms with E-state index >= 15 is 0 Å². The van der Waals surface area contributed by atoms with E-state index in [9.17, 15) is 4.79 Å². The predicted molar refractivity (Wildman–Crippen MR) is 148 cm³/mol. The smallest absolute Gasteiger partial charge is 0.189 e. The van der Waals surface area contributed by atoms with Crippen molar-refractivity contribution in [3.05, 3.63) is 70.3 Å². The van der Waals surface area contributed by atoms with Crippen LogP contribution in [0.15, 0.2) is 48.2 Å². The molecule has 4 heteroatoms. The molecule has 0 saturated carbocycles. The maximum absolute atomic E-state index is 13.2. The van der Waals surface area contributed by atoms with Crippen LogP contribution in [-0.4, -0.2) is 14.3 Å². The van der Waals surface area contributed by atoms with Crippen molar-refractivity contribution in [2.75, 3.05) is 0 Å². The highest BCUT2D eigenvalue weighted by Crippen LogP contribution is 2.44. The number of aryl methyl sites for hydroxylation is 1. The van der Waals surface area contributed by atoms with Gasteiger partial charge in [-0.3, -0.25) is 9.48 Å².